The molecule has 1 aromatic carbocycles. The van der Waals surface area contributed by atoms with Crippen LogP contribution in [0.5, 0.6) is 0 Å². The van der Waals surface area contributed by atoms with Crippen LogP contribution in [0.2, 0.25) is 0 Å². The Kier molecular flexibility index (Phi) is 5.62. The Bertz CT molecular complexity index is 722. The summed E-state index contributed by atoms with van der Waals surface area (Å²) in [5.41, 5.74) is 2.77. The molecule has 7 heteroatoms. The summed E-state index contributed by atoms with van der Waals surface area (Å²) < 4.78 is 5.52. The predicted molar refractivity (Wildman–Crippen MR) is 86.1 cm³/mol. The normalized spacial score (nSPS) is 10.8. The highest BCUT2D eigenvalue weighted by molar-refractivity contribution is 5.81. The van der Waals surface area contributed by atoms with Crippen LogP contribution in [0.25, 0.3) is 11.3 Å². The van der Waals surface area contributed by atoms with Crippen LogP contribution >= 0.6 is 0 Å². The van der Waals surface area contributed by atoms with Crippen LogP contribution in [-0.2, 0) is 4.79 Å². The van der Waals surface area contributed by atoms with E-state index in [1.54, 1.807) is 30.3 Å². The molecule has 0 saturated carbocycles. The Morgan fingerprint density at radius 2 is 2.13 bits per heavy atom. The van der Waals surface area contributed by atoms with Gasteiger partial charge in [-0.25, -0.2) is 5.43 Å². The fourth-order valence-electron chi connectivity index (χ4n) is 1.97. The number of para-hydroxylation sites is 1. The number of hydrazone groups is 1. The SMILES string of the molecule is CCCCC(=O)NN=Cc1ccc(-c2ccccc2[N+](=O)[O-])o1. The highest BCUT2D eigenvalue weighted by Gasteiger charge is 2.16. The molecule has 0 saturated heterocycles. The van der Waals surface area contributed by atoms with Crippen molar-refractivity contribution in [3.63, 3.8) is 0 Å². The lowest BCUT2D eigenvalue weighted by Crippen LogP contribution is -2.16. The molecule has 7 nitrogen and oxygen atoms in total. The van der Waals surface area contributed by atoms with E-state index in [0.29, 0.717) is 23.5 Å². The van der Waals surface area contributed by atoms with Crippen molar-refractivity contribution in [3.8, 4) is 11.3 Å². The lowest BCUT2D eigenvalue weighted by Gasteiger charge is -1.98. The topological polar surface area (TPSA) is 97.7 Å². The van der Waals surface area contributed by atoms with Crippen molar-refractivity contribution in [3.05, 3.63) is 52.3 Å². The molecule has 1 amide bonds. The zero-order valence-electron chi connectivity index (χ0n) is 12.7. The second-order valence-electron chi connectivity index (χ2n) is 4.87. The zero-order chi connectivity index (χ0) is 16.7. The molecule has 1 N–H and O–H groups in total. The first-order valence-electron chi connectivity index (χ1n) is 7.27. The molecule has 23 heavy (non-hydrogen) atoms. The maximum atomic E-state index is 11.4. The van der Waals surface area contributed by atoms with E-state index >= 15 is 0 Å². The number of furan rings is 1. The number of hydrogen-bond acceptors (Lipinski definition) is 5. The lowest BCUT2D eigenvalue weighted by molar-refractivity contribution is -0.384. The van der Waals surface area contributed by atoms with E-state index in [2.05, 4.69) is 10.5 Å². The Balaban J connectivity index is 2.07. The molecular formula is C16H17N3O4. The molecule has 0 spiro atoms. The lowest BCUT2D eigenvalue weighted by atomic mass is 10.1. The molecule has 0 aliphatic rings. The quantitative estimate of drug-likeness (QED) is 0.480. The Morgan fingerprint density at radius 3 is 2.87 bits per heavy atom. The van der Waals surface area contributed by atoms with Crippen molar-refractivity contribution in [1.82, 2.24) is 5.43 Å². The maximum Gasteiger partial charge on any atom is 0.280 e. The molecule has 2 rings (SSSR count). The highest BCUT2D eigenvalue weighted by atomic mass is 16.6. The molecule has 0 radical (unpaired) electrons. The molecular weight excluding hydrogens is 298 g/mol. The number of carbonyl (C=O) groups is 1. The summed E-state index contributed by atoms with van der Waals surface area (Å²) in [6, 6.07) is 9.59. The third kappa shape index (κ3) is 4.50. The number of rotatable bonds is 7. The molecule has 0 unspecified atom stereocenters. The predicted octanol–water partition coefficient (Wildman–Crippen LogP) is 3.50. The van der Waals surface area contributed by atoms with Gasteiger partial charge in [-0.2, -0.15) is 5.10 Å². The van der Waals surface area contributed by atoms with Gasteiger partial charge in [0.2, 0.25) is 5.91 Å². The van der Waals surface area contributed by atoms with Crippen molar-refractivity contribution < 1.29 is 14.1 Å². The van der Waals surface area contributed by atoms with E-state index in [0.717, 1.165) is 12.8 Å². The smallest absolute Gasteiger partial charge is 0.280 e. The van der Waals surface area contributed by atoms with Crippen molar-refractivity contribution in [2.24, 2.45) is 5.10 Å². The number of carbonyl (C=O) groups excluding carboxylic acids is 1. The number of nitro benzene ring substituents is 1. The Hall–Kier alpha value is -2.96. The van der Waals surface area contributed by atoms with Crippen LogP contribution in [0, 0.1) is 10.1 Å². The van der Waals surface area contributed by atoms with E-state index < -0.39 is 4.92 Å². The first kappa shape index (κ1) is 16.4. The largest absolute Gasteiger partial charge is 0.455 e. The van der Waals surface area contributed by atoms with E-state index in [4.69, 9.17) is 4.42 Å². The van der Waals surface area contributed by atoms with Crippen LogP contribution in [0.3, 0.4) is 0 Å². The molecule has 0 fully saturated rings. The summed E-state index contributed by atoms with van der Waals surface area (Å²) in [6.45, 7) is 2.00. The minimum atomic E-state index is -0.459. The second kappa shape index (κ2) is 7.88. The van der Waals surface area contributed by atoms with Gasteiger partial charge >= 0.3 is 0 Å². The van der Waals surface area contributed by atoms with Gasteiger partial charge in [0, 0.05) is 12.5 Å². The molecule has 0 atom stereocenters. The highest BCUT2D eigenvalue weighted by Crippen LogP contribution is 2.30. The van der Waals surface area contributed by atoms with Gasteiger partial charge in [0.25, 0.3) is 5.69 Å². The standard InChI is InChI=1S/C16H17N3O4/c1-2-3-8-16(20)18-17-11-12-9-10-15(23-12)13-6-4-5-7-14(13)19(21)22/h4-7,9-11H,2-3,8H2,1H3,(H,18,20). The minimum absolute atomic E-state index is 0.0294. The van der Waals surface area contributed by atoms with Gasteiger partial charge in [-0.1, -0.05) is 25.5 Å². The number of nitro groups is 1. The fourth-order valence-corrected chi connectivity index (χ4v) is 1.97. The van der Waals surface area contributed by atoms with E-state index in [1.165, 1.54) is 12.3 Å². The molecule has 0 aliphatic carbocycles. The number of nitrogens with one attached hydrogen (secondary N) is 1. The monoisotopic (exact) mass is 315 g/mol. The van der Waals surface area contributed by atoms with Crippen molar-refractivity contribution in [2.75, 3.05) is 0 Å². The Morgan fingerprint density at radius 1 is 1.35 bits per heavy atom. The number of hydrogen-bond donors (Lipinski definition) is 1. The minimum Gasteiger partial charge on any atom is -0.455 e. The van der Waals surface area contributed by atoms with Crippen molar-refractivity contribution in [1.29, 1.82) is 0 Å². The number of benzene rings is 1. The van der Waals surface area contributed by atoms with Crippen LogP contribution in [0.4, 0.5) is 5.69 Å². The van der Waals surface area contributed by atoms with Gasteiger partial charge < -0.3 is 4.42 Å². The van der Waals surface area contributed by atoms with Crippen LogP contribution in [0.15, 0.2) is 45.9 Å². The molecule has 0 aliphatic heterocycles. The van der Waals surface area contributed by atoms with Crippen molar-refractivity contribution in [2.45, 2.75) is 26.2 Å². The first-order chi connectivity index (χ1) is 11.1. The summed E-state index contributed by atoms with van der Waals surface area (Å²) >= 11 is 0. The molecule has 1 aromatic heterocycles. The molecule has 0 bridgehead atoms. The zero-order valence-corrected chi connectivity index (χ0v) is 12.7. The molecule has 120 valence electrons. The summed E-state index contributed by atoms with van der Waals surface area (Å²) in [5, 5.41) is 14.8. The molecule has 2 aromatic rings. The van der Waals surface area contributed by atoms with Gasteiger partial charge in [0.15, 0.2) is 0 Å². The van der Waals surface area contributed by atoms with Crippen LogP contribution < -0.4 is 5.43 Å². The second-order valence-corrected chi connectivity index (χ2v) is 4.87. The van der Waals surface area contributed by atoms with Gasteiger partial charge in [-0.15, -0.1) is 0 Å². The first-order valence-corrected chi connectivity index (χ1v) is 7.27. The number of amides is 1. The summed E-state index contributed by atoms with van der Waals surface area (Å²) in [7, 11) is 0. The van der Waals surface area contributed by atoms with Crippen LogP contribution in [-0.4, -0.2) is 17.0 Å². The number of nitrogens with zero attached hydrogens (tertiary/aromatic N) is 2. The summed E-state index contributed by atoms with van der Waals surface area (Å²) in [4.78, 5) is 22.0. The van der Waals surface area contributed by atoms with E-state index in [-0.39, 0.29) is 11.6 Å². The van der Waals surface area contributed by atoms with Gasteiger partial charge in [-0.3, -0.25) is 14.9 Å². The van der Waals surface area contributed by atoms with Gasteiger partial charge in [0.1, 0.15) is 11.5 Å². The van der Waals surface area contributed by atoms with E-state index in [1.807, 2.05) is 6.92 Å². The average Bonchev–Trinajstić information content (AvgIpc) is 3.01. The Labute approximate surface area is 133 Å². The molecule has 1 heterocycles. The average molecular weight is 315 g/mol. The third-order valence-corrected chi connectivity index (χ3v) is 3.13. The number of unbranched alkanes of at least 4 members (excludes halogenated alkanes) is 1. The maximum absolute atomic E-state index is 11.4. The van der Waals surface area contributed by atoms with Gasteiger partial charge in [-0.05, 0) is 24.6 Å². The third-order valence-electron chi connectivity index (χ3n) is 3.13. The van der Waals surface area contributed by atoms with E-state index in [9.17, 15) is 14.9 Å². The van der Waals surface area contributed by atoms with Crippen molar-refractivity contribution >= 4 is 17.8 Å². The fraction of sp³-hybridized carbons (Fsp3) is 0.250. The summed E-state index contributed by atoms with van der Waals surface area (Å²) in [6.07, 6.45) is 3.54. The summed E-state index contributed by atoms with van der Waals surface area (Å²) in [5.74, 6) is 0.610. The van der Waals surface area contributed by atoms with Crippen LogP contribution in [0.1, 0.15) is 31.9 Å². The van der Waals surface area contributed by atoms with Gasteiger partial charge in [0.05, 0.1) is 16.7 Å².